The lowest BCUT2D eigenvalue weighted by Gasteiger charge is -2.23. The van der Waals surface area contributed by atoms with E-state index in [-0.39, 0.29) is 28.2 Å². The van der Waals surface area contributed by atoms with Crippen molar-refractivity contribution in [2.75, 3.05) is 6.61 Å². The topological polar surface area (TPSA) is 145 Å². The number of aromatic nitrogens is 5. The highest BCUT2D eigenvalue weighted by atomic mass is 35.5. The number of carbonyl (C=O) groups is 3. The summed E-state index contributed by atoms with van der Waals surface area (Å²) in [5, 5.41) is 7.62. The summed E-state index contributed by atoms with van der Waals surface area (Å²) in [5.41, 5.74) is 0.237. The summed E-state index contributed by atoms with van der Waals surface area (Å²) >= 11 is 11.9. The first kappa shape index (κ1) is 21.1. The molecule has 0 saturated carbocycles. The second-order valence-electron chi connectivity index (χ2n) is 6.01. The van der Waals surface area contributed by atoms with Crippen molar-refractivity contribution in [3.8, 4) is 0 Å². The van der Waals surface area contributed by atoms with Crippen LogP contribution in [0.2, 0.25) is 10.4 Å². The SMILES string of the molecule is CC(=O)OC[C@H]1O[C@@H](n2nnc3c(Cl)nc(Cl)nc32)[C@H](OC(C)=O)[C@@H]1OC(C)=O. The maximum atomic E-state index is 11.7. The van der Waals surface area contributed by atoms with Crippen LogP contribution in [-0.4, -0.2) is 67.8 Å². The molecule has 0 amide bonds. The van der Waals surface area contributed by atoms with Crippen molar-refractivity contribution in [1.82, 2.24) is 25.0 Å². The summed E-state index contributed by atoms with van der Waals surface area (Å²) in [4.78, 5) is 42.3. The number of rotatable bonds is 5. The summed E-state index contributed by atoms with van der Waals surface area (Å²) in [5.74, 6) is -1.88. The summed E-state index contributed by atoms with van der Waals surface area (Å²) in [6.07, 6.45) is -4.32. The predicted octanol–water partition coefficient (Wildman–Crippen LogP) is 0.852. The quantitative estimate of drug-likeness (QED) is 0.278. The summed E-state index contributed by atoms with van der Waals surface area (Å²) in [7, 11) is 0. The van der Waals surface area contributed by atoms with E-state index in [9.17, 15) is 14.4 Å². The maximum absolute atomic E-state index is 11.7. The summed E-state index contributed by atoms with van der Waals surface area (Å²) < 4.78 is 22.6. The number of hydrogen-bond donors (Lipinski definition) is 0. The zero-order valence-electron chi connectivity index (χ0n) is 15.4. The molecule has 0 bridgehead atoms. The number of hydrogen-bond acceptors (Lipinski definition) is 11. The molecule has 1 aliphatic rings. The number of nitrogens with zero attached hydrogens (tertiary/aromatic N) is 5. The number of carbonyl (C=O) groups excluding carboxylic acids is 3. The fourth-order valence-electron chi connectivity index (χ4n) is 2.83. The second kappa shape index (κ2) is 8.43. The molecule has 156 valence electrons. The van der Waals surface area contributed by atoms with Gasteiger partial charge in [0.25, 0.3) is 0 Å². The molecule has 0 spiro atoms. The molecule has 1 fully saturated rings. The first-order valence-corrected chi connectivity index (χ1v) is 9.00. The van der Waals surface area contributed by atoms with Crippen LogP contribution in [0.1, 0.15) is 27.0 Å². The highest BCUT2D eigenvalue weighted by Crippen LogP contribution is 2.35. The fraction of sp³-hybridized carbons (Fsp3) is 0.533. The van der Waals surface area contributed by atoms with Gasteiger partial charge in [-0.3, -0.25) is 14.4 Å². The van der Waals surface area contributed by atoms with Gasteiger partial charge in [0, 0.05) is 20.8 Å². The van der Waals surface area contributed by atoms with Crippen molar-refractivity contribution >= 4 is 52.3 Å². The van der Waals surface area contributed by atoms with E-state index in [0.29, 0.717) is 0 Å². The smallest absolute Gasteiger partial charge is 0.303 e. The van der Waals surface area contributed by atoms with Gasteiger partial charge in [-0.1, -0.05) is 16.8 Å². The third kappa shape index (κ3) is 4.54. The van der Waals surface area contributed by atoms with Crippen molar-refractivity contribution in [3.63, 3.8) is 0 Å². The molecule has 3 heterocycles. The van der Waals surface area contributed by atoms with E-state index in [1.807, 2.05) is 0 Å². The second-order valence-corrected chi connectivity index (χ2v) is 6.70. The monoisotopic (exact) mass is 447 g/mol. The molecule has 1 saturated heterocycles. The molecule has 3 rings (SSSR count). The normalized spacial score (nSPS) is 23.8. The van der Waals surface area contributed by atoms with Crippen molar-refractivity contribution in [2.24, 2.45) is 0 Å². The minimum absolute atomic E-state index is 0.0405. The molecule has 2 aromatic heterocycles. The average Bonchev–Trinajstić information content (AvgIpc) is 3.15. The van der Waals surface area contributed by atoms with E-state index in [4.69, 9.17) is 42.1 Å². The van der Waals surface area contributed by atoms with E-state index >= 15 is 0 Å². The Hall–Kier alpha value is -2.57. The van der Waals surface area contributed by atoms with Crippen LogP contribution in [0.15, 0.2) is 0 Å². The van der Waals surface area contributed by atoms with Crippen molar-refractivity contribution in [2.45, 2.75) is 45.3 Å². The van der Waals surface area contributed by atoms with Gasteiger partial charge in [-0.15, -0.1) is 5.10 Å². The predicted molar refractivity (Wildman–Crippen MR) is 94.8 cm³/mol. The Morgan fingerprint density at radius 3 is 2.31 bits per heavy atom. The standard InChI is InChI=1S/C15H15Cl2N5O7/c1-5(23)26-4-8-10(27-6(2)24)11(28-7(3)25)14(29-8)22-13-9(20-21-22)12(16)18-15(17)19-13/h8,10-11,14H,4H2,1-3H3/t8-,10-,11-,14-/m1/s1. The number of esters is 3. The van der Waals surface area contributed by atoms with Crippen LogP contribution in [0.25, 0.3) is 11.2 Å². The summed E-state index contributed by atoms with van der Waals surface area (Å²) in [6, 6.07) is 0. The molecular weight excluding hydrogens is 433 g/mol. The van der Waals surface area contributed by atoms with Crippen LogP contribution in [0, 0.1) is 0 Å². The van der Waals surface area contributed by atoms with Gasteiger partial charge in [-0.2, -0.15) is 9.67 Å². The first-order valence-electron chi connectivity index (χ1n) is 8.24. The van der Waals surface area contributed by atoms with Gasteiger partial charge in [-0.05, 0) is 11.6 Å². The molecule has 2 aromatic rings. The Balaban J connectivity index is 2.04. The lowest BCUT2D eigenvalue weighted by Crippen LogP contribution is -2.40. The van der Waals surface area contributed by atoms with Crippen LogP contribution >= 0.6 is 23.2 Å². The molecule has 0 radical (unpaired) electrons. The third-order valence-corrected chi connectivity index (χ3v) is 4.27. The zero-order valence-corrected chi connectivity index (χ0v) is 16.9. The van der Waals surface area contributed by atoms with Gasteiger partial charge in [0.05, 0.1) is 0 Å². The lowest BCUT2D eigenvalue weighted by atomic mass is 10.1. The Labute approximate surface area is 173 Å². The highest BCUT2D eigenvalue weighted by Gasteiger charge is 2.51. The number of halogens is 2. The molecule has 1 aliphatic heterocycles. The minimum atomic E-state index is -1.14. The van der Waals surface area contributed by atoms with Crippen molar-refractivity contribution < 1.29 is 33.3 Å². The highest BCUT2D eigenvalue weighted by molar-refractivity contribution is 6.35. The molecule has 29 heavy (non-hydrogen) atoms. The van der Waals surface area contributed by atoms with Gasteiger partial charge in [0.15, 0.2) is 34.8 Å². The van der Waals surface area contributed by atoms with Crippen LogP contribution in [0.4, 0.5) is 0 Å². The minimum Gasteiger partial charge on any atom is -0.463 e. The van der Waals surface area contributed by atoms with Gasteiger partial charge in [-0.25, -0.2) is 4.98 Å². The molecule has 0 aromatic carbocycles. The Kier molecular flexibility index (Phi) is 6.15. The van der Waals surface area contributed by atoms with E-state index in [1.165, 1.54) is 25.5 Å². The molecular formula is C15H15Cl2N5O7. The Bertz CT molecular complexity index is 968. The van der Waals surface area contributed by atoms with E-state index in [1.54, 1.807) is 0 Å². The van der Waals surface area contributed by atoms with Gasteiger partial charge < -0.3 is 18.9 Å². The van der Waals surface area contributed by atoms with Crippen LogP contribution < -0.4 is 0 Å². The summed E-state index contributed by atoms with van der Waals surface area (Å²) in [6.45, 7) is 3.31. The average molecular weight is 448 g/mol. The van der Waals surface area contributed by atoms with Gasteiger partial charge in [0.1, 0.15) is 12.7 Å². The Morgan fingerprint density at radius 2 is 1.69 bits per heavy atom. The Morgan fingerprint density at radius 1 is 1.03 bits per heavy atom. The van der Waals surface area contributed by atoms with Gasteiger partial charge >= 0.3 is 17.9 Å². The van der Waals surface area contributed by atoms with Crippen LogP contribution in [0.3, 0.4) is 0 Å². The molecule has 0 aliphatic carbocycles. The molecule has 4 atom stereocenters. The van der Waals surface area contributed by atoms with Crippen LogP contribution in [-0.2, 0) is 33.3 Å². The largest absolute Gasteiger partial charge is 0.463 e. The van der Waals surface area contributed by atoms with Crippen LogP contribution in [0.5, 0.6) is 0 Å². The van der Waals surface area contributed by atoms with E-state index < -0.39 is 42.4 Å². The molecule has 0 unspecified atom stereocenters. The van der Waals surface area contributed by atoms with Crippen molar-refractivity contribution in [1.29, 1.82) is 0 Å². The maximum Gasteiger partial charge on any atom is 0.303 e. The van der Waals surface area contributed by atoms with E-state index in [2.05, 4.69) is 20.3 Å². The van der Waals surface area contributed by atoms with E-state index in [0.717, 1.165) is 0 Å². The zero-order chi connectivity index (χ0) is 21.3. The first-order chi connectivity index (χ1) is 13.7. The molecule has 0 N–H and O–H groups in total. The lowest BCUT2D eigenvalue weighted by molar-refractivity contribution is -0.166. The molecule has 12 nitrogen and oxygen atoms in total. The number of fused-ring (bicyclic) bond motifs is 1. The number of ether oxygens (including phenoxy) is 4. The molecule has 14 heteroatoms. The fourth-order valence-corrected chi connectivity index (χ4v) is 3.24. The third-order valence-electron chi connectivity index (χ3n) is 3.84. The van der Waals surface area contributed by atoms with Gasteiger partial charge in [0.2, 0.25) is 5.28 Å². The van der Waals surface area contributed by atoms with Crippen molar-refractivity contribution in [3.05, 3.63) is 10.4 Å².